The zero-order chi connectivity index (χ0) is 19.9. The van der Waals surface area contributed by atoms with Crippen molar-refractivity contribution in [2.75, 3.05) is 43.5 Å². The monoisotopic (exact) mass is 447 g/mol. The van der Waals surface area contributed by atoms with Crippen LogP contribution in [0.1, 0.15) is 35.3 Å². The average molecular weight is 448 g/mol. The summed E-state index contributed by atoms with van der Waals surface area (Å²) in [5.74, 6) is 2.05. The molecule has 8 heteroatoms. The molecule has 28 heavy (non-hydrogen) atoms. The van der Waals surface area contributed by atoms with E-state index in [0.29, 0.717) is 30.4 Å². The number of nitrogens with one attached hydrogen (secondary N) is 2. The lowest BCUT2D eigenvalue weighted by molar-refractivity contribution is 0.0954. The second-order valence-corrected chi connectivity index (χ2v) is 7.62. The van der Waals surface area contributed by atoms with E-state index < -0.39 is 0 Å². The summed E-state index contributed by atoms with van der Waals surface area (Å²) in [7, 11) is 1.58. The molecule has 2 aromatic rings. The highest BCUT2D eigenvalue weighted by molar-refractivity contribution is 9.10. The zero-order valence-corrected chi connectivity index (χ0v) is 17.9. The van der Waals surface area contributed by atoms with Crippen molar-refractivity contribution in [2.24, 2.45) is 0 Å². The van der Waals surface area contributed by atoms with Crippen LogP contribution in [0.25, 0.3) is 0 Å². The molecule has 0 aliphatic carbocycles. The fourth-order valence-electron chi connectivity index (χ4n) is 3.17. The molecule has 0 radical (unpaired) electrons. The van der Waals surface area contributed by atoms with E-state index in [-0.39, 0.29) is 5.91 Å². The lowest BCUT2D eigenvalue weighted by Crippen LogP contribution is -2.31. The number of amides is 1. The van der Waals surface area contributed by atoms with Crippen molar-refractivity contribution in [2.45, 2.75) is 26.2 Å². The van der Waals surface area contributed by atoms with Crippen LogP contribution in [0.3, 0.4) is 0 Å². The van der Waals surface area contributed by atoms with Crippen LogP contribution in [0.4, 0.5) is 11.8 Å². The van der Waals surface area contributed by atoms with E-state index in [0.717, 1.165) is 29.1 Å². The standard InChI is InChI=1S/C20H26BrN5O2/c1-14-12-18(26-10-4-3-5-11-26)25-20(24-14)23-9-8-22-19(27)16-13-15(28-2)6-7-17(16)21/h6-7,12-13H,3-5,8-11H2,1-2H3,(H,22,27)(H,23,24,25). The van der Waals surface area contributed by atoms with Crippen molar-refractivity contribution in [3.63, 3.8) is 0 Å². The Hall–Kier alpha value is -2.35. The number of hydrogen-bond acceptors (Lipinski definition) is 6. The van der Waals surface area contributed by atoms with Gasteiger partial charge in [-0.15, -0.1) is 0 Å². The minimum absolute atomic E-state index is 0.160. The number of aromatic nitrogens is 2. The fourth-order valence-corrected chi connectivity index (χ4v) is 3.59. The number of hydrogen-bond donors (Lipinski definition) is 2. The second-order valence-electron chi connectivity index (χ2n) is 6.77. The first-order valence-corrected chi connectivity index (χ1v) is 10.3. The summed E-state index contributed by atoms with van der Waals surface area (Å²) in [5.41, 5.74) is 1.47. The van der Waals surface area contributed by atoms with Crippen LogP contribution in [-0.2, 0) is 0 Å². The third-order valence-electron chi connectivity index (χ3n) is 4.63. The SMILES string of the molecule is COc1ccc(Br)c(C(=O)NCCNc2nc(C)cc(N3CCCCC3)n2)c1. The van der Waals surface area contributed by atoms with Gasteiger partial charge in [-0.05, 0) is 60.3 Å². The molecule has 2 N–H and O–H groups in total. The number of carbonyl (C=O) groups excluding carboxylic acids is 1. The molecule has 150 valence electrons. The van der Waals surface area contributed by atoms with Crippen LogP contribution < -0.4 is 20.3 Å². The number of nitrogens with zero attached hydrogens (tertiary/aromatic N) is 3. The van der Waals surface area contributed by atoms with Crippen LogP contribution in [-0.4, -0.2) is 49.2 Å². The summed E-state index contributed by atoms with van der Waals surface area (Å²) >= 11 is 3.40. The van der Waals surface area contributed by atoms with Crippen molar-refractivity contribution in [3.8, 4) is 5.75 Å². The molecule has 0 bridgehead atoms. The van der Waals surface area contributed by atoms with Crippen molar-refractivity contribution >= 4 is 33.6 Å². The molecule has 1 fully saturated rings. The van der Waals surface area contributed by atoms with Gasteiger partial charge >= 0.3 is 0 Å². The summed E-state index contributed by atoms with van der Waals surface area (Å²) in [6.07, 6.45) is 3.70. The molecule has 1 amide bonds. The molecular formula is C20H26BrN5O2. The number of halogens is 1. The van der Waals surface area contributed by atoms with Crippen LogP contribution in [0, 0.1) is 6.92 Å². The van der Waals surface area contributed by atoms with Crippen LogP contribution in [0.5, 0.6) is 5.75 Å². The smallest absolute Gasteiger partial charge is 0.252 e. The minimum atomic E-state index is -0.160. The Morgan fingerprint density at radius 3 is 2.71 bits per heavy atom. The van der Waals surface area contributed by atoms with Crippen molar-refractivity contribution in [3.05, 3.63) is 40.0 Å². The first kappa shape index (κ1) is 20.4. The van der Waals surface area contributed by atoms with E-state index in [1.165, 1.54) is 19.3 Å². The van der Waals surface area contributed by atoms with Gasteiger partial charge in [-0.25, -0.2) is 4.98 Å². The van der Waals surface area contributed by atoms with Crippen molar-refractivity contribution in [1.82, 2.24) is 15.3 Å². The molecule has 1 aliphatic heterocycles. The maximum atomic E-state index is 12.4. The van der Waals surface area contributed by atoms with Gasteiger partial charge in [-0.3, -0.25) is 4.79 Å². The normalized spacial score (nSPS) is 13.9. The lowest BCUT2D eigenvalue weighted by Gasteiger charge is -2.28. The Balaban J connectivity index is 1.54. The molecule has 0 unspecified atom stereocenters. The van der Waals surface area contributed by atoms with Crippen LogP contribution >= 0.6 is 15.9 Å². The average Bonchev–Trinajstić information content (AvgIpc) is 2.71. The maximum absolute atomic E-state index is 12.4. The van der Waals surface area contributed by atoms with Gasteiger partial charge in [0.2, 0.25) is 5.95 Å². The number of rotatable bonds is 7. The summed E-state index contributed by atoms with van der Waals surface area (Å²) in [6, 6.07) is 7.34. The lowest BCUT2D eigenvalue weighted by atomic mass is 10.1. The van der Waals surface area contributed by atoms with E-state index in [2.05, 4.69) is 41.4 Å². The van der Waals surface area contributed by atoms with E-state index in [9.17, 15) is 4.79 Å². The predicted octanol–water partition coefficient (Wildman–Crippen LogP) is 3.39. The number of ether oxygens (including phenoxy) is 1. The maximum Gasteiger partial charge on any atom is 0.252 e. The number of anilines is 2. The van der Waals surface area contributed by atoms with Gasteiger partial charge in [0.15, 0.2) is 0 Å². The summed E-state index contributed by atoms with van der Waals surface area (Å²) in [5, 5.41) is 6.11. The van der Waals surface area contributed by atoms with E-state index in [1.807, 2.05) is 13.0 Å². The van der Waals surface area contributed by atoms with E-state index in [1.54, 1.807) is 25.3 Å². The third-order valence-corrected chi connectivity index (χ3v) is 5.32. The predicted molar refractivity (Wildman–Crippen MR) is 114 cm³/mol. The Kier molecular flexibility index (Phi) is 7.08. The second kappa shape index (κ2) is 9.73. The van der Waals surface area contributed by atoms with Crippen LogP contribution in [0.2, 0.25) is 0 Å². The molecule has 7 nitrogen and oxygen atoms in total. The van der Waals surface area contributed by atoms with Crippen molar-refractivity contribution in [1.29, 1.82) is 0 Å². The largest absolute Gasteiger partial charge is 0.497 e. The summed E-state index contributed by atoms with van der Waals surface area (Å²) in [4.78, 5) is 23.8. The minimum Gasteiger partial charge on any atom is -0.497 e. The van der Waals surface area contributed by atoms with Crippen molar-refractivity contribution < 1.29 is 9.53 Å². The number of aryl methyl sites for hydroxylation is 1. The van der Waals surface area contributed by atoms with Gasteiger partial charge in [-0.2, -0.15) is 4.98 Å². The van der Waals surface area contributed by atoms with Gasteiger partial charge in [0.1, 0.15) is 11.6 Å². The number of piperidine rings is 1. The van der Waals surface area contributed by atoms with Gasteiger partial charge < -0.3 is 20.3 Å². The Morgan fingerprint density at radius 2 is 1.96 bits per heavy atom. The highest BCUT2D eigenvalue weighted by Gasteiger charge is 2.14. The number of methoxy groups -OCH3 is 1. The summed E-state index contributed by atoms with van der Waals surface area (Å²) in [6.45, 7) is 5.06. The highest BCUT2D eigenvalue weighted by Crippen LogP contribution is 2.22. The molecule has 1 saturated heterocycles. The Bertz CT molecular complexity index is 824. The molecule has 1 aromatic heterocycles. The number of benzene rings is 1. The molecule has 1 aliphatic rings. The van der Waals surface area contributed by atoms with Gasteiger partial charge in [-0.1, -0.05) is 0 Å². The molecule has 1 aromatic carbocycles. The first-order chi connectivity index (χ1) is 13.6. The quantitative estimate of drug-likeness (QED) is 0.633. The highest BCUT2D eigenvalue weighted by atomic mass is 79.9. The summed E-state index contributed by atoms with van der Waals surface area (Å²) < 4.78 is 5.91. The molecule has 0 spiro atoms. The molecule has 3 rings (SSSR count). The van der Waals surface area contributed by atoms with E-state index in [4.69, 9.17) is 4.74 Å². The molecule has 2 heterocycles. The Morgan fingerprint density at radius 1 is 1.18 bits per heavy atom. The first-order valence-electron chi connectivity index (χ1n) is 9.53. The van der Waals surface area contributed by atoms with Gasteiger partial charge in [0.25, 0.3) is 5.91 Å². The number of carbonyl (C=O) groups is 1. The van der Waals surface area contributed by atoms with Gasteiger partial charge in [0, 0.05) is 42.4 Å². The van der Waals surface area contributed by atoms with Crippen LogP contribution in [0.15, 0.2) is 28.7 Å². The topological polar surface area (TPSA) is 79.4 Å². The molecule has 0 saturated carbocycles. The Labute approximate surface area is 174 Å². The van der Waals surface area contributed by atoms with Gasteiger partial charge in [0.05, 0.1) is 12.7 Å². The third kappa shape index (κ3) is 5.34. The molecule has 0 atom stereocenters. The zero-order valence-electron chi connectivity index (χ0n) is 16.3. The van der Waals surface area contributed by atoms with E-state index >= 15 is 0 Å². The molecular weight excluding hydrogens is 422 g/mol. The fraction of sp³-hybridized carbons (Fsp3) is 0.450.